The van der Waals surface area contributed by atoms with Crippen molar-refractivity contribution in [3.63, 3.8) is 0 Å². The molecule has 0 aliphatic heterocycles. The summed E-state index contributed by atoms with van der Waals surface area (Å²) in [5.41, 5.74) is 1.62. The maximum atomic E-state index is 12.6. The second-order valence-electron chi connectivity index (χ2n) is 5.90. The molecular formula is C19H18N4O3. The molecule has 0 saturated heterocycles. The fourth-order valence-electron chi connectivity index (χ4n) is 2.87. The number of rotatable bonds is 5. The van der Waals surface area contributed by atoms with Crippen LogP contribution in [0.15, 0.2) is 53.3 Å². The van der Waals surface area contributed by atoms with Gasteiger partial charge in [0, 0.05) is 17.8 Å². The minimum atomic E-state index is -0.317. The molecule has 0 fully saturated rings. The Hall–Kier alpha value is -3.35. The minimum absolute atomic E-state index is 0.253. The van der Waals surface area contributed by atoms with Crippen LogP contribution < -0.4 is 10.1 Å². The van der Waals surface area contributed by atoms with Crippen LogP contribution in [0, 0.1) is 0 Å². The Morgan fingerprint density at radius 2 is 2.27 bits per heavy atom. The average molecular weight is 350 g/mol. The number of benzene rings is 1. The topological polar surface area (TPSA) is 81.7 Å². The van der Waals surface area contributed by atoms with Gasteiger partial charge in [0.2, 0.25) is 0 Å². The predicted molar refractivity (Wildman–Crippen MR) is 96.3 cm³/mol. The fraction of sp³-hybridized carbons (Fsp3) is 0.211. The Morgan fingerprint density at radius 1 is 1.38 bits per heavy atom. The van der Waals surface area contributed by atoms with Gasteiger partial charge < -0.3 is 14.5 Å². The van der Waals surface area contributed by atoms with Crippen molar-refractivity contribution in [2.24, 2.45) is 0 Å². The quantitative estimate of drug-likeness (QED) is 0.597. The molecule has 4 rings (SSSR count). The molecule has 7 nitrogen and oxygen atoms in total. The van der Waals surface area contributed by atoms with Crippen molar-refractivity contribution in [2.75, 3.05) is 6.61 Å². The summed E-state index contributed by atoms with van der Waals surface area (Å²) >= 11 is 0. The van der Waals surface area contributed by atoms with Crippen LogP contribution in [-0.2, 0) is 0 Å². The number of furan rings is 1. The third-order valence-electron chi connectivity index (χ3n) is 4.13. The molecule has 0 unspecified atom stereocenters. The molecule has 1 N–H and O–H groups in total. The molecule has 0 bridgehead atoms. The molecule has 0 aliphatic rings. The average Bonchev–Trinajstić information content (AvgIpc) is 3.27. The molecule has 1 amide bonds. The largest absolute Gasteiger partial charge is 0.490 e. The summed E-state index contributed by atoms with van der Waals surface area (Å²) in [5.74, 6) is 1.10. The Balaban J connectivity index is 1.60. The number of aromatic nitrogens is 3. The number of carbonyl (C=O) groups is 1. The maximum Gasteiger partial charge on any atom is 0.257 e. The lowest BCUT2D eigenvalue weighted by atomic mass is 10.2. The second-order valence-corrected chi connectivity index (χ2v) is 5.90. The Bertz CT molecular complexity index is 1080. The van der Waals surface area contributed by atoms with E-state index in [2.05, 4.69) is 15.4 Å². The van der Waals surface area contributed by atoms with E-state index in [1.807, 2.05) is 38.1 Å². The Kier molecular flexibility index (Phi) is 4.04. The van der Waals surface area contributed by atoms with Gasteiger partial charge >= 0.3 is 0 Å². The first kappa shape index (κ1) is 16.1. The molecule has 26 heavy (non-hydrogen) atoms. The highest BCUT2D eigenvalue weighted by Crippen LogP contribution is 2.31. The normalized spacial score (nSPS) is 12.4. The second kappa shape index (κ2) is 6.51. The number of amides is 1. The standard InChI is InChI=1S/C19H18N4O3/c1-3-25-15-7-4-6-13-10-16(26-17(13)15)12(2)22-19(24)14-11-21-23-9-5-8-20-18(14)23/h4-12H,3H2,1-2H3,(H,22,24)/t12-/m0/s1. The Morgan fingerprint density at radius 3 is 3.12 bits per heavy atom. The lowest BCUT2D eigenvalue weighted by Gasteiger charge is -2.10. The molecule has 4 aromatic rings. The molecule has 1 atom stereocenters. The van der Waals surface area contributed by atoms with Gasteiger partial charge in [0.25, 0.3) is 5.91 Å². The highest BCUT2D eigenvalue weighted by Gasteiger charge is 2.19. The number of hydrogen-bond donors (Lipinski definition) is 1. The van der Waals surface area contributed by atoms with E-state index in [9.17, 15) is 4.79 Å². The van der Waals surface area contributed by atoms with E-state index in [0.717, 1.165) is 5.39 Å². The number of nitrogens with zero attached hydrogens (tertiary/aromatic N) is 3. The number of para-hydroxylation sites is 1. The van der Waals surface area contributed by atoms with Crippen LogP contribution in [0.5, 0.6) is 5.75 Å². The van der Waals surface area contributed by atoms with E-state index in [1.54, 1.807) is 23.0 Å². The van der Waals surface area contributed by atoms with Gasteiger partial charge in [-0.1, -0.05) is 12.1 Å². The van der Waals surface area contributed by atoms with Crippen molar-refractivity contribution >= 4 is 22.5 Å². The zero-order valence-electron chi connectivity index (χ0n) is 14.5. The van der Waals surface area contributed by atoms with Gasteiger partial charge in [-0.2, -0.15) is 5.10 Å². The van der Waals surface area contributed by atoms with Crippen LogP contribution in [0.3, 0.4) is 0 Å². The molecule has 0 radical (unpaired) electrons. The summed E-state index contributed by atoms with van der Waals surface area (Å²) in [7, 11) is 0. The number of hydrogen-bond acceptors (Lipinski definition) is 5. The van der Waals surface area contributed by atoms with Crippen LogP contribution in [0.2, 0.25) is 0 Å². The lowest BCUT2D eigenvalue weighted by Crippen LogP contribution is -2.26. The molecule has 0 spiro atoms. The van der Waals surface area contributed by atoms with Crippen molar-refractivity contribution in [1.82, 2.24) is 19.9 Å². The summed E-state index contributed by atoms with van der Waals surface area (Å²) in [4.78, 5) is 16.8. The molecule has 7 heteroatoms. The van der Waals surface area contributed by atoms with Crippen LogP contribution >= 0.6 is 0 Å². The van der Waals surface area contributed by atoms with Crippen LogP contribution in [0.4, 0.5) is 0 Å². The minimum Gasteiger partial charge on any atom is -0.490 e. The van der Waals surface area contributed by atoms with E-state index in [0.29, 0.717) is 34.9 Å². The highest BCUT2D eigenvalue weighted by molar-refractivity contribution is 5.99. The van der Waals surface area contributed by atoms with Gasteiger partial charge in [0.1, 0.15) is 11.3 Å². The van der Waals surface area contributed by atoms with Crippen LogP contribution in [0.1, 0.15) is 36.0 Å². The van der Waals surface area contributed by atoms with E-state index < -0.39 is 0 Å². The van der Waals surface area contributed by atoms with Crippen molar-refractivity contribution in [3.05, 3.63) is 60.2 Å². The first-order chi connectivity index (χ1) is 12.7. The number of ether oxygens (including phenoxy) is 1. The third-order valence-corrected chi connectivity index (χ3v) is 4.13. The highest BCUT2D eigenvalue weighted by atomic mass is 16.5. The van der Waals surface area contributed by atoms with E-state index in [-0.39, 0.29) is 11.9 Å². The summed E-state index contributed by atoms with van der Waals surface area (Å²) in [6.45, 7) is 4.36. The van der Waals surface area contributed by atoms with Gasteiger partial charge in [-0.15, -0.1) is 0 Å². The lowest BCUT2D eigenvalue weighted by molar-refractivity contribution is 0.0937. The summed E-state index contributed by atoms with van der Waals surface area (Å²) in [6.07, 6.45) is 4.89. The first-order valence-corrected chi connectivity index (χ1v) is 8.42. The van der Waals surface area contributed by atoms with E-state index in [4.69, 9.17) is 9.15 Å². The van der Waals surface area contributed by atoms with Crippen molar-refractivity contribution in [3.8, 4) is 5.75 Å². The van der Waals surface area contributed by atoms with Gasteiger partial charge in [0.15, 0.2) is 17.0 Å². The van der Waals surface area contributed by atoms with E-state index >= 15 is 0 Å². The molecular weight excluding hydrogens is 332 g/mol. The van der Waals surface area contributed by atoms with Crippen molar-refractivity contribution in [1.29, 1.82) is 0 Å². The molecule has 3 aromatic heterocycles. The smallest absolute Gasteiger partial charge is 0.257 e. The van der Waals surface area contributed by atoms with Gasteiger partial charge in [-0.05, 0) is 32.0 Å². The summed E-state index contributed by atoms with van der Waals surface area (Å²) in [6, 6.07) is 9.09. The van der Waals surface area contributed by atoms with Crippen molar-refractivity contribution < 1.29 is 13.9 Å². The SMILES string of the molecule is CCOc1cccc2cc([C@H](C)NC(=O)c3cnn4cccnc34)oc12. The van der Waals surface area contributed by atoms with Gasteiger partial charge in [-0.25, -0.2) is 9.50 Å². The first-order valence-electron chi connectivity index (χ1n) is 8.42. The predicted octanol–water partition coefficient (Wildman–Crippen LogP) is 3.37. The van der Waals surface area contributed by atoms with E-state index in [1.165, 1.54) is 6.20 Å². The molecule has 1 aromatic carbocycles. The molecule has 132 valence electrons. The zero-order valence-corrected chi connectivity index (χ0v) is 14.5. The van der Waals surface area contributed by atoms with Crippen LogP contribution in [0.25, 0.3) is 16.6 Å². The number of fused-ring (bicyclic) bond motifs is 2. The van der Waals surface area contributed by atoms with Crippen molar-refractivity contribution in [2.45, 2.75) is 19.9 Å². The van der Waals surface area contributed by atoms with Crippen LogP contribution in [-0.4, -0.2) is 27.1 Å². The Labute approximate surface area is 149 Å². The summed E-state index contributed by atoms with van der Waals surface area (Å²) in [5, 5.41) is 8.01. The fourth-order valence-corrected chi connectivity index (χ4v) is 2.87. The number of nitrogens with one attached hydrogen (secondary N) is 1. The molecule has 3 heterocycles. The summed E-state index contributed by atoms with van der Waals surface area (Å²) < 4.78 is 13.1. The van der Waals surface area contributed by atoms with Gasteiger partial charge in [0.05, 0.1) is 18.8 Å². The third kappa shape index (κ3) is 2.77. The maximum absolute atomic E-state index is 12.6. The zero-order chi connectivity index (χ0) is 18.1. The number of carbonyl (C=O) groups excluding carboxylic acids is 1. The molecule has 0 saturated carbocycles. The van der Waals surface area contributed by atoms with Gasteiger partial charge in [-0.3, -0.25) is 4.79 Å². The molecule has 0 aliphatic carbocycles. The monoisotopic (exact) mass is 350 g/mol.